The van der Waals surface area contributed by atoms with E-state index in [0.29, 0.717) is 6.61 Å². The van der Waals surface area contributed by atoms with Crippen LogP contribution in [-0.2, 0) is 21.4 Å². The average Bonchev–Trinajstić information content (AvgIpc) is 3.67. The third kappa shape index (κ3) is 5.36. The van der Waals surface area contributed by atoms with Crippen molar-refractivity contribution >= 4 is 12.0 Å². The first-order valence-electron chi connectivity index (χ1n) is 12.9. The predicted octanol–water partition coefficient (Wildman–Crippen LogP) is 6.71. The van der Waals surface area contributed by atoms with E-state index in [-0.39, 0.29) is 5.97 Å². The van der Waals surface area contributed by atoms with Crippen molar-refractivity contribution in [2.24, 2.45) is 0 Å². The fraction of sp³-hybridized carbons (Fsp3) is 0.250. The van der Waals surface area contributed by atoms with Crippen LogP contribution in [0.2, 0.25) is 0 Å². The maximum absolute atomic E-state index is 12.4. The van der Waals surface area contributed by atoms with Crippen LogP contribution in [0, 0.1) is 6.92 Å². The third-order valence-corrected chi connectivity index (χ3v) is 7.01. The molecule has 0 bridgehead atoms. The summed E-state index contributed by atoms with van der Waals surface area (Å²) >= 11 is 0. The van der Waals surface area contributed by atoms with Crippen molar-refractivity contribution in [1.82, 2.24) is 10.5 Å². The molecule has 5 nitrogen and oxygen atoms in total. The first-order valence-corrected chi connectivity index (χ1v) is 12.9. The summed E-state index contributed by atoms with van der Waals surface area (Å²) in [6.07, 6.45) is 6.67. The van der Waals surface area contributed by atoms with Gasteiger partial charge in [0.2, 0.25) is 0 Å². The smallest absolute Gasteiger partial charge is 0.316 e. The Morgan fingerprint density at radius 1 is 0.973 bits per heavy atom. The standard InChI is InChI=1S/C32H32N2O3/c1-3-36-31(35)32(19-20-32)28-15-13-26(14-16-28)25-9-11-27(12-10-25)30-29(23(2)34-37-30)18-22-33-21-17-24-7-5-4-6-8-24/h4-16,18,22,33H,3,17,19-21H2,1-2H3/b22-18+. The molecule has 1 aliphatic rings. The van der Waals surface area contributed by atoms with Gasteiger partial charge in [-0.1, -0.05) is 84.0 Å². The van der Waals surface area contributed by atoms with Gasteiger partial charge in [0.05, 0.1) is 17.7 Å². The van der Waals surface area contributed by atoms with Crippen molar-refractivity contribution in [3.8, 4) is 22.5 Å². The van der Waals surface area contributed by atoms with Crippen molar-refractivity contribution < 1.29 is 14.1 Å². The summed E-state index contributed by atoms with van der Waals surface area (Å²) in [5.74, 6) is 0.649. The molecule has 1 saturated carbocycles. The summed E-state index contributed by atoms with van der Waals surface area (Å²) in [5.41, 5.74) is 6.92. The van der Waals surface area contributed by atoms with Crippen LogP contribution in [0.5, 0.6) is 0 Å². The number of ether oxygens (including phenoxy) is 1. The van der Waals surface area contributed by atoms with Crippen LogP contribution in [0.25, 0.3) is 28.5 Å². The molecule has 5 rings (SSSR count). The number of nitrogens with one attached hydrogen (secondary N) is 1. The Morgan fingerprint density at radius 2 is 1.62 bits per heavy atom. The summed E-state index contributed by atoms with van der Waals surface area (Å²) in [6, 6.07) is 27.0. The van der Waals surface area contributed by atoms with E-state index < -0.39 is 5.41 Å². The van der Waals surface area contributed by atoms with Gasteiger partial charge in [0.15, 0.2) is 5.76 Å². The second-order valence-corrected chi connectivity index (χ2v) is 9.49. The third-order valence-electron chi connectivity index (χ3n) is 7.01. The number of rotatable bonds is 10. The highest BCUT2D eigenvalue weighted by atomic mass is 16.5. The summed E-state index contributed by atoms with van der Waals surface area (Å²) in [6.45, 7) is 5.08. The minimum atomic E-state index is -0.442. The number of benzene rings is 3. The molecule has 1 N–H and O–H groups in total. The van der Waals surface area contributed by atoms with Gasteiger partial charge in [-0.15, -0.1) is 0 Å². The molecule has 37 heavy (non-hydrogen) atoms. The van der Waals surface area contributed by atoms with Crippen molar-refractivity contribution in [1.29, 1.82) is 0 Å². The van der Waals surface area contributed by atoms with Crippen LogP contribution in [0.3, 0.4) is 0 Å². The Labute approximate surface area is 218 Å². The highest BCUT2D eigenvalue weighted by Crippen LogP contribution is 2.49. The van der Waals surface area contributed by atoms with Gasteiger partial charge in [-0.25, -0.2) is 0 Å². The first kappa shape index (κ1) is 24.6. The number of hydrogen-bond donors (Lipinski definition) is 1. The number of esters is 1. The fourth-order valence-electron chi connectivity index (χ4n) is 4.67. The zero-order valence-corrected chi connectivity index (χ0v) is 21.4. The fourth-order valence-corrected chi connectivity index (χ4v) is 4.67. The number of aromatic nitrogens is 1. The Morgan fingerprint density at radius 3 is 2.27 bits per heavy atom. The molecule has 0 aliphatic heterocycles. The lowest BCUT2D eigenvalue weighted by molar-refractivity contribution is -0.146. The molecule has 4 aromatic rings. The Hall–Kier alpha value is -4.12. The van der Waals surface area contributed by atoms with Crippen LogP contribution in [0.15, 0.2) is 89.6 Å². The number of nitrogens with zero attached hydrogens (tertiary/aromatic N) is 1. The Balaban J connectivity index is 1.25. The van der Waals surface area contributed by atoms with E-state index in [1.165, 1.54) is 5.56 Å². The van der Waals surface area contributed by atoms with Crippen LogP contribution in [0.4, 0.5) is 0 Å². The minimum absolute atomic E-state index is 0.106. The molecule has 5 heteroatoms. The van der Waals surface area contributed by atoms with E-state index in [1.807, 2.05) is 32.2 Å². The summed E-state index contributed by atoms with van der Waals surface area (Å²) < 4.78 is 11.0. The zero-order valence-electron chi connectivity index (χ0n) is 21.4. The molecule has 0 spiro atoms. The zero-order chi connectivity index (χ0) is 25.7. The minimum Gasteiger partial charge on any atom is -0.465 e. The summed E-state index contributed by atoms with van der Waals surface area (Å²) in [4.78, 5) is 12.4. The summed E-state index contributed by atoms with van der Waals surface area (Å²) in [5, 5.41) is 7.56. The molecular weight excluding hydrogens is 460 g/mol. The summed E-state index contributed by atoms with van der Waals surface area (Å²) in [7, 11) is 0. The predicted molar refractivity (Wildman–Crippen MR) is 147 cm³/mol. The monoisotopic (exact) mass is 492 g/mol. The van der Waals surface area contributed by atoms with Gasteiger partial charge in [0.25, 0.3) is 0 Å². The molecule has 0 radical (unpaired) electrons. The normalized spacial score (nSPS) is 14.0. The van der Waals surface area contributed by atoms with Gasteiger partial charge in [0, 0.05) is 17.7 Å². The molecular formula is C32H32N2O3. The largest absolute Gasteiger partial charge is 0.465 e. The van der Waals surface area contributed by atoms with E-state index in [9.17, 15) is 4.79 Å². The van der Waals surface area contributed by atoms with Crippen LogP contribution in [-0.4, -0.2) is 24.3 Å². The van der Waals surface area contributed by atoms with Crippen molar-refractivity contribution in [2.45, 2.75) is 38.5 Å². The highest BCUT2D eigenvalue weighted by molar-refractivity contribution is 5.87. The molecule has 3 aromatic carbocycles. The van der Waals surface area contributed by atoms with Gasteiger partial charge in [-0.2, -0.15) is 0 Å². The second kappa shape index (κ2) is 10.9. The molecule has 1 aromatic heterocycles. The van der Waals surface area contributed by atoms with Crippen molar-refractivity contribution in [3.05, 3.63) is 107 Å². The molecule has 0 atom stereocenters. The van der Waals surface area contributed by atoms with E-state index >= 15 is 0 Å². The van der Waals surface area contributed by atoms with Gasteiger partial charge < -0.3 is 14.6 Å². The Bertz CT molecular complexity index is 1370. The number of carbonyl (C=O) groups excluding carboxylic acids is 1. The maximum Gasteiger partial charge on any atom is 0.316 e. The van der Waals surface area contributed by atoms with Gasteiger partial charge in [-0.3, -0.25) is 4.79 Å². The van der Waals surface area contributed by atoms with Gasteiger partial charge in [-0.05, 0) is 67.6 Å². The first-order chi connectivity index (χ1) is 18.1. The molecule has 1 aliphatic carbocycles. The topological polar surface area (TPSA) is 64.4 Å². The van der Waals surface area contributed by atoms with Crippen LogP contribution < -0.4 is 5.32 Å². The van der Waals surface area contributed by atoms with E-state index in [0.717, 1.165) is 65.1 Å². The lowest BCUT2D eigenvalue weighted by Gasteiger charge is -2.14. The number of aryl methyl sites for hydroxylation is 1. The number of hydrogen-bond acceptors (Lipinski definition) is 5. The molecule has 1 heterocycles. The van der Waals surface area contributed by atoms with E-state index in [4.69, 9.17) is 9.26 Å². The van der Waals surface area contributed by atoms with Crippen molar-refractivity contribution in [2.75, 3.05) is 13.2 Å². The lowest BCUT2D eigenvalue weighted by Crippen LogP contribution is -2.23. The Kier molecular flexibility index (Phi) is 7.22. The van der Waals surface area contributed by atoms with Gasteiger partial charge >= 0.3 is 5.97 Å². The highest BCUT2D eigenvalue weighted by Gasteiger charge is 2.52. The second-order valence-electron chi connectivity index (χ2n) is 9.49. The molecule has 0 unspecified atom stereocenters. The maximum atomic E-state index is 12.4. The number of carbonyl (C=O) groups is 1. The lowest BCUT2D eigenvalue weighted by atomic mass is 9.93. The molecule has 1 fully saturated rings. The van der Waals surface area contributed by atoms with Crippen LogP contribution in [0.1, 0.15) is 42.1 Å². The molecule has 0 saturated heterocycles. The van der Waals surface area contributed by atoms with Gasteiger partial charge in [0.1, 0.15) is 0 Å². The quantitative estimate of drug-likeness (QED) is 0.197. The average molecular weight is 493 g/mol. The van der Waals surface area contributed by atoms with E-state index in [1.54, 1.807) is 0 Å². The van der Waals surface area contributed by atoms with E-state index in [2.05, 4.69) is 83.3 Å². The SMILES string of the molecule is CCOC(=O)C1(c2ccc(-c3ccc(-c4onc(C)c4/C=C/NCCc4ccccc4)cc3)cc2)CC1. The molecule has 0 amide bonds. The molecule has 188 valence electrons. The van der Waals surface area contributed by atoms with Crippen LogP contribution >= 0.6 is 0 Å². The van der Waals surface area contributed by atoms with Crippen molar-refractivity contribution in [3.63, 3.8) is 0 Å².